The molecule has 0 unspecified atom stereocenters. The van der Waals surface area contributed by atoms with Gasteiger partial charge in [0.15, 0.2) is 0 Å². The first kappa shape index (κ1) is 25.1. The largest absolute Gasteiger partial charge is 0.429 e. The van der Waals surface area contributed by atoms with Gasteiger partial charge in [0.05, 0.1) is 5.56 Å². The Hall–Kier alpha value is -2.51. The summed E-state index contributed by atoms with van der Waals surface area (Å²) in [7, 11) is 0. The predicted molar refractivity (Wildman–Crippen MR) is 112 cm³/mol. The Balaban J connectivity index is 1.70. The summed E-state index contributed by atoms with van der Waals surface area (Å²) < 4.78 is 98.4. The van der Waals surface area contributed by atoms with Gasteiger partial charge in [-0.3, -0.25) is 0 Å². The molecule has 0 amide bonds. The van der Waals surface area contributed by atoms with Crippen molar-refractivity contribution >= 4 is 6.08 Å². The lowest BCUT2D eigenvalue weighted by Crippen LogP contribution is -2.22. The summed E-state index contributed by atoms with van der Waals surface area (Å²) >= 11 is 0. The number of ether oxygens (including phenoxy) is 1. The standard InChI is InChI=1S/C25H25F7O/c1-2-3-16-4-6-17(7-5-16)18-8-10-19(11-9-18)25(31,32)33-20-14-22(26)21(23(27)15-20)12-13-24(28,29)30/h8-17H,2-7H2,1H3/b13-12+. The van der Waals surface area contributed by atoms with E-state index < -0.39 is 40.8 Å². The van der Waals surface area contributed by atoms with Crippen LogP contribution in [0.25, 0.3) is 6.08 Å². The predicted octanol–water partition coefficient (Wildman–Crippen LogP) is 8.74. The molecule has 0 saturated heterocycles. The Morgan fingerprint density at radius 1 is 0.909 bits per heavy atom. The number of hydrogen-bond acceptors (Lipinski definition) is 1. The molecule has 180 valence electrons. The quantitative estimate of drug-likeness (QED) is 0.365. The molecule has 2 aromatic rings. The topological polar surface area (TPSA) is 9.23 Å². The molecule has 2 aromatic carbocycles. The van der Waals surface area contributed by atoms with Crippen molar-refractivity contribution in [1.29, 1.82) is 0 Å². The van der Waals surface area contributed by atoms with E-state index in [-0.39, 0.29) is 12.2 Å². The Labute approximate surface area is 188 Å². The summed E-state index contributed by atoms with van der Waals surface area (Å²) in [6.45, 7) is 2.16. The smallest absolute Gasteiger partial charge is 0.426 e. The highest BCUT2D eigenvalue weighted by Gasteiger charge is 2.35. The highest BCUT2D eigenvalue weighted by atomic mass is 19.4. The molecule has 0 atom stereocenters. The average Bonchev–Trinajstić information content (AvgIpc) is 2.73. The molecule has 1 nitrogen and oxygen atoms in total. The van der Waals surface area contributed by atoms with Gasteiger partial charge < -0.3 is 4.74 Å². The Morgan fingerprint density at radius 3 is 2.00 bits per heavy atom. The molecule has 1 fully saturated rings. The van der Waals surface area contributed by atoms with Crippen molar-refractivity contribution in [3.05, 3.63) is 70.8 Å². The fourth-order valence-electron chi connectivity index (χ4n) is 4.31. The highest BCUT2D eigenvalue weighted by Crippen LogP contribution is 2.39. The lowest BCUT2D eigenvalue weighted by atomic mass is 9.77. The Bertz CT molecular complexity index is 933. The van der Waals surface area contributed by atoms with E-state index in [2.05, 4.69) is 11.7 Å². The third kappa shape index (κ3) is 6.74. The maximum atomic E-state index is 14.6. The molecule has 1 aliphatic rings. The van der Waals surface area contributed by atoms with E-state index in [1.165, 1.54) is 18.6 Å². The van der Waals surface area contributed by atoms with Crippen LogP contribution in [0.15, 0.2) is 42.5 Å². The van der Waals surface area contributed by atoms with Crippen LogP contribution in [-0.2, 0) is 6.11 Å². The minimum absolute atomic E-state index is 0.195. The second kappa shape index (κ2) is 10.2. The van der Waals surface area contributed by atoms with Gasteiger partial charge in [0.2, 0.25) is 0 Å². The normalized spacial score (nSPS) is 19.8. The zero-order chi connectivity index (χ0) is 24.2. The molecule has 0 heterocycles. The van der Waals surface area contributed by atoms with Gasteiger partial charge in [-0.2, -0.15) is 22.0 Å². The monoisotopic (exact) mass is 474 g/mol. The lowest BCUT2D eigenvalue weighted by molar-refractivity contribution is -0.185. The molecule has 3 rings (SSSR count). The SMILES string of the molecule is CCCC1CCC(c2ccc(C(F)(F)Oc3cc(F)c(/C=C/C(F)(F)F)c(F)c3)cc2)CC1. The molecule has 33 heavy (non-hydrogen) atoms. The molecule has 1 aliphatic carbocycles. The van der Waals surface area contributed by atoms with Crippen LogP contribution in [0.2, 0.25) is 0 Å². The van der Waals surface area contributed by atoms with E-state index in [0.29, 0.717) is 18.1 Å². The van der Waals surface area contributed by atoms with Crippen LogP contribution < -0.4 is 4.74 Å². The summed E-state index contributed by atoms with van der Waals surface area (Å²) in [5, 5.41) is 0. The van der Waals surface area contributed by atoms with Gasteiger partial charge in [-0.15, -0.1) is 0 Å². The minimum Gasteiger partial charge on any atom is -0.429 e. The van der Waals surface area contributed by atoms with Crippen LogP contribution in [0, 0.1) is 17.6 Å². The number of rotatable bonds is 7. The van der Waals surface area contributed by atoms with E-state index in [0.717, 1.165) is 43.6 Å². The van der Waals surface area contributed by atoms with Crippen LogP contribution in [0.3, 0.4) is 0 Å². The van der Waals surface area contributed by atoms with Gasteiger partial charge in [-0.1, -0.05) is 31.9 Å². The molecule has 8 heteroatoms. The van der Waals surface area contributed by atoms with Crippen molar-refractivity contribution < 1.29 is 35.5 Å². The first-order valence-corrected chi connectivity index (χ1v) is 10.9. The number of alkyl halides is 5. The molecule has 0 aliphatic heterocycles. The number of benzene rings is 2. The van der Waals surface area contributed by atoms with Crippen molar-refractivity contribution in [2.45, 2.75) is 63.7 Å². The lowest BCUT2D eigenvalue weighted by Gasteiger charge is -2.29. The van der Waals surface area contributed by atoms with Crippen LogP contribution in [0.5, 0.6) is 5.75 Å². The van der Waals surface area contributed by atoms with Crippen LogP contribution in [0.4, 0.5) is 30.7 Å². The number of hydrogen-bond donors (Lipinski definition) is 0. The minimum atomic E-state index is -4.78. The van der Waals surface area contributed by atoms with E-state index in [1.807, 2.05) is 0 Å². The van der Waals surface area contributed by atoms with E-state index in [9.17, 15) is 30.7 Å². The summed E-state index contributed by atoms with van der Waals surface area (Å²) in [5.74, 6) is -2.70. The van der Waals surface area contributed by atoms with Crippen molar-refractivity contribution in [3.8, 4) is 5.75 Å². The molecular formula is C25H25F7O. The van der Waals surface area contributed by atoms with Crippen molar-refractivity contribution in [1.82, 2.24) is 0 Å². The van der Waals surface area contributed by atoms with Gasteiger partial charge >= 0.3 is 12.3 Å². The first-order valence-electron chi connectivity index (χ1n) is 10.9. The Morgan fingerprint density at radius 2 is 1.48 bits per heavy atom. The van der Waals surface area contributed by atoms with Gasteiger partial charge in [0, 0.05) is 23.8 Å². The van der Waals surface area contributed by atoms with Crippen molar-refractivity contribution in [2.75, 3.05) is 0 Å². The maximum Gasteiger partial charge on any atom is 0.426 e. The van der Waals surface area contributed by atoms with Gasteiger partial charge in [-0.05, 0) is 61.3 Å². The molecule has 0 radical (unpaired) electrons. The second-order valence-corrected chi connectivity index (χ2v) is 8.42. The third-order valence-electron chi connectivity index (χ3n) is 6.00. The van der Waals surface area contributed by atoms with Crippen LogP contribution in [-0.4, -0.2) is 6.18 Å². The highest BCUT2D eigenvalue weighted by molar-refractivity contribution is 5.53. The summed E-state index contributed by atoms with van der Waals surface area (Å²) in [6.07, 6.45) is -2.22. The summed E-state index contributed by atoms with van der Waals surface area (Å²) in [6, 6.07) is 6.53. The van der Waals surface area contributed by atoms with Crippen LogP contribution in [0.1, 0.15) is 68.1 Å². The van der Waals surface area contributed by atoms with E-state index in [4.69, 9.17) is 0 Å². The summed E-state index contributed by atoms with van der Waals surface area (Å²) in [4.78, 5) is 0. The molecule has 0 bridgehead atoms. The van der Waals surface area contributed by atoms with Crippen molar-refractivity contribution in [3.63, 3.8) is 0 Å². The molecular weight excluding hydrogens is 449 g/mol. The Kier molecular flexibility index (Phi) is 7.75. The first-order chi connectivity index (χ1) is 15.5. The molecule has 0 spiro atoms. The molecule has 1 saturated carbocycles. The third-order valence-corrected chi connectivity index (χ3v) is 6.00. The van der Waals surface area contributed by atoms with Crippen molar-refractivity contribution in [2.24, 2.45) is 5.92 Å². The fraction of sp³-hybridized carbons (Fsp3) is 0.440. The summed E-state index contributed by atoms with van der Waals surface area (Å²) in [5.41, 5.74) is -0.531. The zero-order valence-corrected chi connectivity index (χ0v) is 18.1. The van der Waals surface area contributed by atoms with E-state index >= 15 is 0 Å². The second-order valence-electron chi connectivity index (χ2n) is 8.42. The zero-order valence-electron chi connectivity index (χ0n) is 18.1. The average molecular weight is 474 g/mol. The number of halogens is 7. The van der Waals surface area contributed by atoms with Gasteiger partial charge in [0.25, 0.3) is 0 Å². The fourth-order valence-corrected chi connectivity index (χ4v) is 4.31. The maximum absolute atomic E-state index is 14.6. The van der Waals surface area contributed by atoms with E-state index in [1.54, 1.807) is 12.1 Å². The van der Waals surface area contributed by atoms with Crippen LogP contribution >= 0.6 is 0 Å². The van der Waals surface area contributed by atoms with Gasteiger partial charge in [0.1, 0.15) is 17.4 Å². The molecule has 0 N–H and O–H groups in total. The van der Waals surface area contributed by atoms with Gasteiger partial charge in [-0.25, -0.2) is 8.78 Å². The molecule has 0 aromatic heterocycles. The number of allylic oxidation sites excluding steroid dienone is 1.